The smallest absolute Gasteiger partial charge is 0.0723 e. The van der Waals surface area contributed by atoms with E-state index < -0.39 is 0 Å². The lowest BCUT2D eigenvalue weighted by Gasteiger charge is -2.23. The average molecular weight is 251 g/mol. The fourth-order valence-electron chi connectivity index (χ4n) is 1.95. The number of fused-ring (bicyclic) bond motifs is 1. The number of nitrogens with zero attached hydrogens (tertiary/aromatic N) is 2. The van der Waals surface area contributed by atoms with Gasteiger partial charge in [-0.05, 0) is 31.2 Å². The van der Waals surface area contributed by atoms with Crippen LogP contribution in [0.25, 0.3) is 10.9 Å². The highest BCUT2D eigenvalue weighted by atomic mass is 35.5. The molecule has 0 spiro atoms. The van der Waals surface area contributed by atoms with Crippen molar-refractivity contribution in [1.82, 2.24) is 4.98 Å². The molecule has 0 bridgehead atoms. The number of halogens is 1. The van der Waals surface area contributed by atoms with Crippen LogP contribution in [0.1, 0.15) is 6.92 Å². The zero-order valence-corrected chi connectivity index (χ0v) is 10.5. The molecule has 1 heterocycles. The van der Waals surface area contributed by atoms with Crippen LogP contribution < -0.4 is 4.90 Å². The molecule has 17 heavy (non-hydrogen) atoms. The molecule has 4 heteroatoms. The van der Waals surface area contributed by atoms with Gasteiger partial charge in [0.15, 0.2) is 0 Å². The summed E-state index contributed by atoms with van der Waals surface area (Å²) in [6, 6.07) is 7.62. The molecule has 1 aromatic heterocycles. The van der Waals surface area contributed by atoms with Gasteiger partial charge in [0.2, 0.25) is 0 Å². The molecule has 90 valence electrons. The number of pyridine rings is 1. The summed E-state index contributed by atoms with van der Waals surface area (Å²) < 4.78 is 0. The van der Waals surface area contributed by atoms with E-state index in [1.807, 2.05) is 24.3 Å². The van der Waals surface area contributed by atoms with E-state index >= 15 is 0 Å². The molecule has 2 aromatic rings. The highest BCUT2D eigenvalue weighted by molar-refractivity contribution is 6.31. The minimum absolute atomic E-state index is 0.137. The van der Waals surface area contributed by atoms with Crippen LogP contribution in [0.15, 0.2) is 30.5 Å². The summed E-state index contributed by atoms with van der Waals surface area (Å²) in [5.41, 5.74) is 1.98. The molecule has 0 atom stereocenters. The third-order valence-corrected chi connectivity index (χ3v) is 3.01. The number of rotatable bonds is 4. The van der Waals surface area contributed by atoms with Crippen molar-refractivity contribution >= 4 is 28.2 Å². The van der Waals surface area contributed by atoms with Crippen molar-refractivity contribution in [3.05, 3.63) is 35.5 Å². The quantitative estimate of drug-likeness (QED) is 0.907. The van der Waals surface area contributed by atoms with Crippen LogP contribution in [0.3, 0.4) is 0 Å². The lowest BCUT2D eigenvalue weighted by Crippen LogP contribution is -2.26. The van der Waals surface area contributed by atoms with E-state index in [2.05, 4.69) is 16.8 Å². The Morgan fingerprint density at radius 3 is 2.88 bits per heavy atom. The third-order valence-electron chi connectivity index (χ3n) is 2.77. The maximum absolute atomic E-state index is 9.07. The van der Waals surface area contributed by atoms with E-state index in [4.69, 9.17) is 16.7 Å². The van der Waals surface area contributed by atoms with Crippen molar-refractivity contribution in [2.24, 2.45) is 0 Å². The number of likely N-dealkylation sites (N-methyl/N-ethyl adjacent to an activating group) is 1. The van der Waals surface area contributed by atoms with Gasteiger partial charge in [-0.2, -0.15) is 0 Å². The van der Waals surface area contributed by atoms with E-state index in [-0.39, 0.29) is 6.61 Å². The highest BCUT2D eigenvalue weighted by Gasteiger charge is 2.08. The van der Waals surface area contributed by atoms with Gasteiger partial charge in [0.05, 0.1) is 12.1 Å². The number of hydrogen-bond donors (Lipinski definition) is 1. The number of aromatic nitrogens is 1. The molecule has 0 aliphatic heterocycles. The molecule has 0 aliphatic carbocycles. The second-order valence-corrected chi connectivity index (χ2v) is 4.23. The van der Waals surface area contributed by atoms with Crippen LogP contribution in [0, 0.1) is 0 Å². The van der Waals surface area contributed by atoms with Crippen molar-refractivity contribution in [3.63, 3.8) is 0 Å². The number of aliphatic hydroxyl groups is 1. The summed E-state index contributed by atoms with van der Waals surface area (Å²) in [5, 5.41) is 10.8. The molecule has 1 N–H and O–H groups in total. The molecule has 3 nitrogen and oxygen atoms in total. The van der Waals surface area contributed by atoms with Gasteiger partial charge in [-0.1, -0.05) is 11.6 Å². The Morgan fingerprint density at radius 1 is 1.35 bits per heavy atom. The van der Waals surface area contributed by atoms with Gasteiger partial charge in [0.1, 0.15) is 0 Å². The van der Waals surface area contributed by atoms with E-state index in [9.17, 15) is 0 Å². The van der Waals surface area contributed by atoms with E-state index in [1.165, 1.54) is 0 Å². The first-order valence-corrected chi connectivity index (χ1v) is 6.04. The number of benzene rings is 1. The summed E-state index contributed by atoms with van der Waals surface area (Å²) in [7, 11) is 0. The molecular weight excluding hydrogens is 236 g/mol. The zero-order valence-electron chi connectivity index (χ0n) is 9.73. The van der Waals surface area contributed by atoms with E-state index in [0.717, 1.165) is 23.1 Å². The predicted octanol–water partition coefficient (Wildman–Crippen LogP) is 2.71. The Labute approximate surface area is 106 Å². The van der Waals surface area contributed by atoms with E-state index in [1.54, 1.807) is 6.20 Å². The number of aliphatic hydroxyl groups excluding tert-OH is 1. The Hall–Kier alpha value is -1.32. The Kier molecular flexibility index (Phi) is 3.82. The molecule has 1 aromatic carbocycles. The molecule has 0 radical (unpaired) electrons. The minimum Gasteiger partial charge on any atom is -0.395 e. The molecule has 0 aliphatic rings. The normalized spacial score (nSPS) is 10.8. The standard InChI is InChI=1S/C13H15ClN2O/c1-2-16(7-8-17)13-5-6-15-12-4-3-10(14)9-11(12)13/h3-6,9,17H,2,7-8H2,1H3. The summed E-state index contributed by atoms with van der Waals surface area (Å²) in [6.07, 6.45) is 1.78. The second kappa shape index (κ2) is 5.34. The summed E-state index contributed by atoms with van der Waals surface area (Å²) in [5.74, 6) is 0. The monoisotopic (exact) mass is 250 g/mol. The van der Waals surface area contributed by atoms with Crippen LogP contribution in [-0.2, 0) is 0 Å². The molecule has 0 unspecified atom stereocenters. The largest absolute Gasteiger partial charge is 0.395 e. The minimum atomic E-state index is 0.137. The van der Waals surface area contributed by atoms with Crippen molar-refractivity contribution in [3.8, 4) is 0 Å². The highest BCUT2D eigenvalue weighted by Crippen LogP contribution is 2.27. The van der Waals surface area contributed by atoms with Crippen LogP contribution >= 0.6 is 11.6 Å². The van der Waals surface area contributed by atoms with E-state index in [0.29, 0.717) is 11.6 Å². The van der Waals surface area contributed by atoms with Crippen molar-refractivity contribution in [2.45, 2.75) is 6.92 Å². The molecule has 0 saturated heterocycles. The zero-order chi connectivity index (χ0) is 12.3. The van der Waals surface area contributed by atoms with Gasteiger partial charge in [0.25, 0.3) is 0 Å². The van der Waals surface area contributed by atoms with Crippen LogP contribution in [0.4, 0.5) is 5.69 Å². The van der Waals surface area contributed by atoms with Gasteiger partial charge in [-0.25, -0.2) is 0 Å². The number of anilines is 1. The van der Waals surface area contributed by atoms with Gasteiger partial charge in [0, 0.05) is 35.4 Å². The van der Waals surface area contributed by atoms with Crippen LogP contribution in [0.2, 0.25) is 5.02 Å². The van der Waals surface area contributed by atoms with Crippen molar-refractivity contribution in [2.75, 3.05) is 24.6 Å². The fraction of sp³-hybridized carbons (Fsp3) is 0.308. The fourth-order valence-corrected chi connectivity index (χ4v) is 2.12. The topological polar surface area (TPSA) is 36.4 Å². The predicted molar refractivity (Wildman–Crippen MR) is 71.7 cm³/mol. The summed E-state index contributed by atoms with van der Waals surface area (Å²) in [6.45, 7) is 3.65. The number of hydrogen-bond acceptors (Lipinski definition) is 3. The average Bonchev–Trinajstić information content (AvgIpc) is 2.35. The molecular formula is C13H15ClN2O. The second-order valence-electron chi connectivity index (χ2n) is 3.79. The molecule has 0 amide bonds. The Morgan fingerprint density at radius 2 is 2.18 bits per heavy atom. The Balaban J connectivity index is 2.55. The maximum Gasteiger partial charge on any atom is 0.0723 e. The third kappa shape index (κ3) is 2.51. The van der Waals surface area contributed by atoms with Crippen LogP contribution in [0.5, 0.6) is 0 Å². The first-order valence-electron chi connectivity index (χ1n) is 5.66. The molecule has 2 rings (SSSR count). The molecule has 0 fully saturated rings. The van der Waals surface area contributed by atoms with Gasteiger partial charge >= 0.3 is 0 Å². The van der Waals surface area contributed by atoms with Crippen molar-refractivity contribution in [1.29, 1.82) is 0 Å². The summed E-state index contributed by atoms with van der Waals surface area (Å²) >= 11 is 6.02. The first-order chi connectivity index (χ1) is 8.26. The lowest BCUT2D eigenvalue weighted by atomic mass is 10.1. The first kappa shape index (κ1) is 12.1. The SMILES string of the molecule is CCN(CCO)c1ccnc2ccc(Cl)cc12. The van der Waals surface area contributed by atoms with Gasteiger partial charge < -0.3 is 10.0 Å². The van der Waals surface area contributed by atoms with Gasteiger partial charge in [-0.15, -0.1) is 0 Å². The van der Waals surface area contributed by atoms with Gasteiger partial charge in [-0.3, -0.25) is 4.98 Å². The molecule has 0 saturated carbocycles. The van der Waals surface area contributed by atoms with Crippen LogP contribution in [-0.4, -0.2) is 29.8 Å². The van der Waals surface area contributed by atoms with Crippen molar-refractivity contribution < 1.29 is 5.11 Å². The summed E-state index contributed by atoms with van der Waals surface area (Å²) in [4.78, 5) is 6.42. The lowest BCUT2D eigenvalue weighted by molar-refractivity contribution is 0.302. The maximum atomic E-state index is 9.07. The Bertz CT molecular complexity index is 516.